The Morgan fingerprint density at radius 2 is 1.85 bits per heavy atom. The zero-order valence-electron chi connectivity index (χ0n) is 11.8. The first kappa shape index (κ1) is 12.8. The molecule has 3 aromatic rings. The van der Waals surface area contributed by atoms with E-state index in [1.165, 1.54) is 11.1 Å². The van der Waals surface area contributed by atoms with Gasteiger partial charge in [-0.25, -0.2) is 9.97 Å². The van der Waals surface area contributed by atoms with Crippen molar-refractivity contribution in [3.05, 3.63) is 53.5 Å². The molecule has 2 aromatic heterocycles. The van der Waals surface area contributed by atoms with Gasteiger partial charge in [0.1, 0.15) is 12.1 Å². The summed E-state index contributed by atoms with van der Waals surface area (Å²) in [6.45, 7) is 5.92. The van der Waals surface area contributed by atoms with E-state index in [9.17, 15) is 5.11 Å². The predicted octanol–water partition coefficient (Wildman–Crippen LogP) is 3.09. The number of aliphatic hydroxyl groups is 1. The van der Waals surface area contributed by atoms with Crippen LogP contribution in [0, 0.1) is 13.8 Å². The first-order chi connectivity index (χ1) is 9.56. The summed E-state index contributed by atoms with van der Waals surface area (Å²) in [5.74, 6) is 0.772. The lowest BCUT2D eigenvalue weighted by Crippen LogP contribution is -1.99. The third kappa shape index (κ3) is 2.08. The van der Waals surface area contributed by atoms with Gasteiger partial charge in [-0.3, -0.25) is 4.57 Å². The van der Waals surface area contributed by atoms with Gasteiger partial charge in [-0.1, -0.05) is 0 Å². The predicted molar refractivity (Wildman–Crippen MR) is 79.0 cm³/mol. The van der Waals surface area contributed by atoms with Crippen molar-refractivity contribution in [1.82, 2.24) is 14.5 Å². The SMILES string of the molecule is Cc1cc2ncn(-c3cc([C@@H](C)O)ccn3)c2cc1C. The Morgan fingerprint density at radius 3 is 2.60 bits per heavy atom. The van der Waals surface area contributed by atoms with Crippen molar-refractivity contribution < 1.29 is 5.11 Å². The van der Waals surface area contributed by atoms with Crippen LogP contribution in [0.1, 0.15) is 29.7 Å². The van der Waals surface area contributed by atoms with E-state index >= 15 is 0 Å². The lowest BCUT2D eigenvalue weighted by atomic mass is 10.1. The van der Waals surface area contributed by atoms with Gasteiger partial charge < -0.3 is 5.11 Å². The monoisotopic (exact) mass is 267 g/mol. The molecule has 1 N–H and O–H groups in total. The number of rotatable bonds is 2. The van der Waals surface area contributed by atoms with Crippen molar-refractivity contribution in [2.24, 2.45) is 0 Å². The van der Waals surface area contributed by atoms with E-state index in [1.54, 1.807) is 19.4 Å². The van der Waals surface area contributed by atoms with E-state index in [2.05, 4.69) is 35.9 Å². The minimum Gasteiger partial charge on any atom is -0.389 e. The van der Waals surface area contributed by atoms with Crippen molar-refractivity contribution in [2.75, 3.05) is 0 Å². The second-order valence-electron chi connectivity index (χ2n) is 5.16. The number of aromatic nitrogens is 3. The van der Waals surface area contributed by atoms with Crippen LogP contribution in [-0.2, 0) is 0 Å². The van der Waals surface area contributed by atoms with Crippen LogP contribution in [-0.4, -0.2) is 19.6 Å². The van der Waals surface area contributed by atoms with Gasteiger partial charge in [0.2, 0.25) is 0 Å². The largest absolute Gasteiger partial charge is 0.389 e. The van der Waals surface area contributed by atoms with Gasteiger partial charge in [0.05, 0.1) is 17.1 Å². The Balaban J connectivity index is 2.19. The summed E-state index contributed by atoms with van der Waals surface area (Å²) in [5, 5.41) is 9.69. The second-order valence-corrected chi connectivity index (χ2v) is 5.16. The molecule has 102 valence electrons. The first-order valence-corrected chi connectivity index (χ1v) is 6.65. The van der Waals surface area contributed by atoms with Crippen LogP contribution in [0.25, 0.3) is 16.9 Å². The van der Waals surface area contributed by atoms with E-state index in [0.717, 1.165) is 22.4 Å². The summed E-state index contributed by atoms with van der Waals surface area (Å²) < 4.78 is 1.95. The van der Waals surface area contributed by atoms with Crippen molar-refractivity contribution in [1.29, 1.82) is 0 Å². The maximum atomic E-state index is 9.69. The molecule has 4 nitrogen and oxygen atoms in total. The molecule has 2 heterocycles. The molecule has 0 unspecified atom stereocenters. The Kier molecular flexibility index (Phi) is 3.03. The van der Waals surface area contributed by atoms with Crippen molar-refractivity contribution in [3.8, 4) is 5.82 Å². The van der Waals surface area contributed by atoms with Crippen LogP contribution in [0.15, 0.2) is 36.8 Å². The average Bonchev–Trinajstić information content (AvgIpc) is 2.82. The van der Waals surface area contributed by atoms with Gasteiger partial charge in [-0.05, 0) is 61.7 Å². The van der Waals surface area contributed by atoms with Crippen molar-refractivity contribution in [3.63, 3.8) is 0 Å². The summed E-state index contributed by atoms with van der Waals surface area (Å²) in [4.78, 5) is 8.81. The quantitative estimate of drug-likeness (QED) is 0.776. The summed E-state index contributed by atoms with van der Waals surface area (Å²) >= 11 is 0. The second kappa shape index (κ2) is 4.72. The summed E-state index contributed by atoms with van der Waals surface area (Å²) in [6.07, 6.45) is 2.98. The molecule has 20 heavy (non-hydrogen) atoms. The van der Waals surface area contributed by atoms with Crippen LogP contribution in [0.2, 0.25) is 0 Å². The molecule has 0 fully saturated rings. The molecule has 1 atom stereocenters. The average molecular weight is 267 g/mol. The number of aryl methyl sites for hydroxylation is 2. The highest BCUT2D eigenvalue weighted by molar-refractivity contribution is 5.78. The Labute approximate surface area is 117 Å². The number of fused-ring (bicyclic) bond motifs is 1. The van der Waals surface area contributed by atoms with Crippen LogP contribution in [0.4, 0.5) is 0 Å². The van der Waals surface area contributed by atoms with Crippen molar-refractivity contribution >= 4 is 11.0 Å². The van der Waals surface area contributed by atoms with E-state index in [4.69, 9.17) is 0 Å². The topological polar surface area (TPSA) is 50.9 Å². The Morgan fingerprint density at radius 1 is 1.10 bits per heavy atom. The molecule has 0 saturated carbocycles. The number of nitrogens with zero attached hydrogens (tertiary/aromatic N) is 3. The third-order valence-electron chi connectivity index (χ3n) is 3.66. The van der Waals surface area contributed by atoms with Crippen LogP contribution >= 0.6 is 0 Å². The molecular formula is C16H17N3O. The fourth-order valence-electron chi connectivity index (χ4n) is 2.27. The van der Waals surface area contributed by atoms with Gasteiger partial charge in [0.15, 0.2) is 0 Å². The number of pyridine rings is 1. The third-order valence-corrected chi connectivity index (χ3v) is 3.66. The van der Waals surface area contributed by atoms with Crippen LogP contribution < -0.4 is 0 Å². The highest BCUT2D eigenvalue weighted by Crippen LogP contribution is 2.22. The highest BCUT2D eigenvalue weighted by Gasteiger charge is 2.09. The number of benzene rings is 1. The molecule has 4 heteroatoms. The minimum absolute atomic E-state index is 0.504. The highest BCUT2D eigenvalue weighted by atomic mass is 16.3. The maximum Gasteiger partial charge on any atom is 0.138 e. The van der Waals surface area contributed by atoms with Crippen molar-refractivity contribution in [2.45, 2.75) is 26.9 Å². The fourth-order valence-corrected chi connectivity index (χ4v) is 2.27. The number of aliphatic hydroxyl groups excluding tert-OH is 1. The molecule has 0 spiro atoms. The molecule has 1 aromatic carbocycles. The molecule has 0 aliphatic rings. The van der Waals surface area contributed by atoms with Gasteiger partial charge in [-0.15, -0.1) is 0 Å². The smallest absolute Gasteiger partial charge is 0.138 e. The molecule has 0 amide bonds. The minimum atomic E-state index is -0.504. The Hall–Kier alpha value is -2.20. The van der Waals surface area contributed by atoms with Crippen LogP contribution in [0.3, 0.4) is 0 Å². The lowest BCUT2D eigenvalue weighted by molar-refractivity contribution is 0.199. The zero-order valence-corrected chi connectivity index (χ0v) is 11.8. The molecule has 0 bridgehead atoms. The normalized spacial score (nSPS) is 12.8. The Bertz CT molecular complexity index is 774. The van der Waals surface area contributed by atoms with Gasteiger partial charge >= 0.3 is 0 Å². The fraction of sp³-hybridized carbons (Fsp3) is 0.250. The summed E-state index contributed by atoms with van der Waals surface area (Å²) in [5.41, 5.74) is 5.29. The molecular weight excluding hydrogens is 250 g/mol. The maximum absolute atomic E-state index is 9.69. The molecule has 0 aliphatic heterocycles. The standard InChI is InChI=1S/C16H17N3O/c1-10-6-14-15(7-11(10)2)19(9-18-14)16-8-13(12(3)20)4-5-17-16/h4-9,12,20H,1-3H3/t12-/m1/s1. The number of hydrogen-bond acceptors (Lipinski definition) is 3. The molecule has 0 aliphatic carbocycles. The zero-order chi connectivity index (χ0) is 14.3. The summed E-state index contributed by atoms with van der Waals surface area (Å²) in [6, 6.07) is 7.91. The number of imidazole rings is 1. The van der Waals surface area contributed by atoms with Gasteiger partial charge in [0.25, 0.3) is 0 Å². The lowest BCUT2D eigenvalue weighted by Gasteiger charge is -2.08. The van der Waals surface area contributed by atoms with E-state index in [-0.39, 0.29) is 0 Å². The molecule has 3 rings (SSSR count). The van der Waals surface area contributed by atoms with E-state index in [1.807, 2.05) is 16.7 Å². The molecule has 0 saturated heterocycles. The van der Waals surface area contributed by atoms with E-state index in [0.29, 0.717) is 0 Å². The molecule has 0 radical (unpaired) electrons. The van der Waals surface area contributed by atoms with E-state index < -0.39 is 6.10 Å². The first-order valence-electron chi connectivity index (χ1n) is 6.65. The summed E-state index contributed by atoms with van der Waals surface area (Å²) in [7, 11) is 0. The van der Waals surface area contributed by atoms with Crippen LogP contribution in [0.5, 0.6) is 0 Å². The van der Waals surface area contributed by atoms with Gasteiger partial charge in [-0.2, -0.15) is 0 Å². The van der Waals surface area contributed by atoms with Gasteiger partial charge in [0, 0.05) is 6.20 Å². The number of hydrogen-bond donors (Lipinski definition) is 1.